The number of nitrogens with zero attached hydrogens (tertiary/aromatic N) is 3. The Morgan fingerprint density at radius 3 is 2.59 bits per heavy atom. The van der Waals surface area contributed by atoms with Crippen molar-refractivity contribution in [2.75, 3.05) is 5.32 Å². The van der Waals surface area contributed by atoms with E-state index in [9.17, 15) is 9.18 Å². The number of halogens is 2. The minimum absolute atomic E-state index is 0.213. The zero-order chi connectivity index (χ0) is 20.4. The summed E-state index contributed by atoms with van der Waals surface area (Å²) in [6.07, 6.45) is 3.34. The lowest BCUT2D eigenvalue weighted by Gasteiger charge is -2.07. The Kier molecular flexibility index (Phi) is 5.10. The van der Waals surface area contributed by atoms with Gasteiger partial charge in [0.15, 0.2) is 5.69 Å². The van der Waals surface area contributed by atoms with Gasteiger partial charge in [0.1, 0.15) is 5.82 Å². The second-order valence-electron chi connectivity index (χ2n) is 6.46. The number of aromatic nitrogens is 3. The Morgan fingerprint density at radius 2 is 1.90 bits per heavy atom. The topological polar surface area (TPSA) is 59.8 Å². The molecule has 1 N–H and O–H groups in total. The van der Waals surface area contributed by atoms with Crippen LogP contribution in [0.5, 0.6) is 0 Å². The number of hydrogen-bond donors (Lipinski definition) is 1. The average molecular weight is 407 g/mol. The Hall–Kier alpha value is -3.51. The standard InChI is InChI=1S/C22H16ClFN4O/c1-14-4-7-17(11-19(14)23)26-22(29)20-12-21(15-3-2-10-25-13-15)28(27-20)18-8-5-16(24)6-9-18/h2-13H,1H3,(H,26,29). The summed E-state index contributed by atoms with van der Waals surface area (Å²) >= 11 is 6.14. The van der Waals surface area contributed by atoms with Crippen LogP contribution >= 0.6 is 11.6 Å². The highest BCUT2D eigenvalue weighted by atomic mass is 35.5. The Morgan fingerprint density at radius 1 is 1.10 bits per heavy atom. The summed E-state index contributed by atoms with van der Waals surface area (Å²) in [7, 11) is 0. The van der Waals surface area contributed by atoms with E-state index in [1.165, 1.54) is 12.1 Å². The molecule has 1 amide bonds. The molecule has 0 unspecified atom stereocenters. The fourth-order valence-electron chi connectivity index (χ4n) is 2.86. The van der Waals surface area contributed by atoms with Gasteiger partial charge in [-0.1, -0.05) is 17.7 Å². The molecule has 0 aliphatic rings. The van der Waals surface area contributed by atoms with E-state index >= 15 is 0 Å². The fraction of sp³-hybridized carbons (Fsp3) is 0.0455. The van der Waals surface area contributed by atoms with Crippen molar-refractivity contribution in [2.24, 2.45) is 0 Å². The van der Waals surface area contributed by atoms with E-state index in [1.807, 2.05) is 19.1 Å². The third-order valence-corrected chi connectivity index (χ3v) is 4.81. The number of benzene rings is 2. The SMILES string of the molecule is Cc1ccc(NC(=O)c2cc(-c3cccnc3)n(-c3ccc(F)cc3)n2)cc1Cl. The average Bonchev–Trinajstić information content (AvgIpc) is 3.18. The molecular formula is C22H16ClFN4O. The summed E-state index contributed by atoms with van der Waals surface area (Å²) in [6.45, 7) is 1.89. The second-order valence-corrected chi connectivity index (χ2v) is 6.87. The zero-order valence-corrected chi connectivity index (χ0v) is 16.2. The van der Waals surface area contributed by atoms with E-state index < -0.39 is 0 Å². The first-order valence-corrected chi connectivity index (χ1v) is 9.23. The zero-order valence-electron chi connectivity index (χ0n) is 15.4. The lowest BCUT2D eigenvalue weighted by molar-refractivity contribution is 0.102. The lowest BCUT2D eigenvalue weighted by Crippen LogP contribution is -2.13. The number of nitrogens with one attached hydrogen (secondary N) is 1. The summed E-state index contributed by atoms with van der Waals surface area (Å²) in [5.74, 6) is -0.728. The van der Waals surface area contributed by atoms with Crippen molar-refractivity contribution in [3.63, 3.8) is 0 Å². The number of hydrogen-bond acceptors (Lipinski definition) is 3. The van der Waals surface area contributed by atoms with Crippen LogP contribution in [0, 0.1) is 12.7 Å². The highest BCUT2D eigenvalue weighted by Crippen LogP contribution is 2.25. The second kappa shape index (κ2) is 7.85. The van der Waals surface area contributed by atoms with Crippen molar-refractivity contribution in [1.82, 2.24) is 14.8 Å². The molecular weight excluding hydrogens is 391 g/mol. The van der Waals surface area contributed by atoms with Crippen molar-refractivity contribution >= 4 is 23.2 Å². The molecule has 0 aliphatic carbocycles. The Labute approximate surface area is 171 Å². The van der Waals surface area contributed by atoms with Crippen LogP contribution in [0.4, 0.5) is 10.1 Å². The van der Waals surface area contributed by atoms with Crippen LogP contribution in [-0.2, 0) is 0 Å². The first-order chi connectivity index (χ1) is 14.0. The molecule has 144 valence electrons. The van der Waals surface area contributed by atoms with Gasteiger partial charge in [0, 0.05) is 28.7 Å². The van der Waals surface area contributed by atoms with Gasteiger partial charge in [-0.2, -0.15) is 5.10 Å². The summed E-state index contributed by atoms with van der Waals surface area (Å²) in [6, 6.07) is 16.5. The van der Waals surface area contributed by atoms with Crippen LogP contribution in [0.3, 0.4) is 0 Å². The van der Waals surface area contributed by atoms with Crippen LogP contribution < -0.4 is 5.32 Å². The number of amides is 1. The molecule has 0 bridgehead atoms. The molecule has 2 heterocycles. The fourth-order valence-corrected chi connectivity index (χ4v) is 3.04. The normalized spacial score (nSPS) is 10.7. The van der Waals surface area contributed by atoms with Gasteiger partial charge in [-0.05, 0) is 67.1 Å². The molecule has 0 aliphatic heterocycles. The van der Waals surface area contributed by atoms with E-state index in [4.69, 9.17) is 11.6 Å². The van der Waals surface area contributed by atoms with Crippen molar-refractivity contribution in [1.29, 1.82) is 0 Å². The maximum absolute atomic E-state index is 13.3. The largest absolute Gasteiger partial charge is 0.321 e. The van der Waals surface area contributed by atoms with Crippen molar-refractivity contribution < 1.29 is 9.18 Å². The molecule has 29 heavy (non-hydrogen) atoms. The quantitative estimate of drug-likeness (QED) is 0.501. The van der Waals surface area contributed by atoms with Crippen LogP contribution in [0.15, 0.2) is 73.1 Å². The van der Waals surface area contributed by atoms with Gasteiger partial charge >= 0.3 is 0 Å². The van der Waals surface area contributed by atoms with Crippen LogP contribution in [-0.4, -0.2) is 20.7 Å². The van der Waals surface area contributed by atoms with E-state index in [2.05, 4.69) is 15.4 Å². The minimum Gasteiger partial charge on any atom is -0.321 e. The molecule has 4 aromatic rings. The number of carbonyl (C=O) groups excluding carboxylic acids is 1. The number of rotatable bonds is 4. The predicted octanol–water partition coefficient (Wildman–Crippen LogP) is 5.29. The maximum atomic E-state index is 13.3. The molecule has 0 saturated heterocycles. The van der Waals surface area contributed by atoms with Gasteiger partial charge in [-0.3, -0.25) is 9.78 Å². The number of pyridine rings is 1. The number of anilines is 1. The Balaban J connectivity index is 1.73. The smallest absolute Gasteiger partial charge is 0.276 e. The van der Waals surface area contributed by atoms with Gasteiger partial charge < -0.3 is 5.32 Å². The number of carbonyl (C=O) groups is 1. The van der Waals surface area contributed by atoms with Crippen LogP contribution in [0.2, 0.25) is 5.02 Å². The van der Waals surface area contributed by atoms with Gasteiger partial charge in [-0.25, -0.2) is 9.07 Å². The molecule has 0 fully saturated rings. The van der Waals surface area contributed by atoms with Crippen molar-refractivity contribution in [2.45, 2.75) is 6.92 Å². The Bertz CT molecular complexity index is 1170. The van der Waals surface area contributed by atoms with Gasteiger partial charge in [0.05, 0.1) is 11.4 Å². The van der Waals surface area contributed by atoms with E-state index in [0.29, 0.717) is 22.1 Å². The lowest BCUT2D eigenvalue weighted by atomic mass is 10.2. The molecule has 0 radical (unpaired) electrons. The molecule has 4 rings (SSSR count). The van der Waals surface area contributed by atoms with E-state index in [0.717, 1.165) is 11.1 Å². The molecule has 7 heteroatoms. The van der Waals surface area contributed by atoms with E-state index in [-0.39, 0.29) is 17.4 Å². The van der Waals surface area contributed by atoms with E-state index in [1.54, 1.807) is 53.5 Å². The van der Waals surface area contributed by atoms with Crippen LogP contribution in [0.25, 0.3) is 16.9 Å². The maximum Gasteiger partial charge on any atom is 0.276 e. The molecule has 2 aromatic carbocycles. The molecule has 0 atom stereocenters. The summed E-state index contributed by atoms with van der Waals surface area (Å²) < 4.78 is 14.9. The highest BCUT2D eigenvalue weighted by molar-refractivity contribution is 6.31. The number of aryl methyl sites for hydroxylation is 1. The molecule has 0 saturated carbocycles. The minimum atomic E-state index is -0.379. The third-order valence-electron chi connectivity index (χ3n) is 4.40. The molecule has 0 spiro atoms. The summed E-state index contributed by atoms with van der Waals surface area (Å²) in [5, 5.41) is 7.81. The summed E-state index contributed by atoms with van der Waals surface area (Å²) in [4.78, 5) is 16.9. The first-order valence-electron chi connectivity index (χ1n) is 8.85. The first kappa shape index (κ1) is 18.8. The van der Waals surface area contributed by atoms with Gasteiger partial charge in [-0.15, -0.1) is 0 Å². The van der Waals surface area contributed by atoms with Gasteiger partial charge in [0.2, 0.25) is 0 Å². The molecule has 2 aromatic heterocycles. The predicted molar refractivity (Wildman–Crippen MR) is 111 cm³/mol. The third kappa shape index (κ3) is 4.02. The molecule has 5 nitrogen and oxygen atoms in total. The van der Waals surface area contributed by atoms with Crippen molar-refractivity contribution in [3.8, 4) is 16.9 Å². The van der Waals surface area contributed by atoms with Crippen LogP contribution in [0.1, 0.15) is 16.1 Å². The van der Waals surface area contributed by atoms with Gasteiger partial charge in [0.25, 0.3) is 5.91 Å². The summed E-state index contributed by atoms with van der Waals surface area (Å²) in [5.41, 5.74) is 3.78. The van der Waals surface area contributed by atoms with Crippen molar-refractivity contribution in [3.05, 3.63) is 95.2 Å². The monoisotopic (exact) mass is 406 g/mol. The highest BCUT2D eigenvalue weighted by Gasteiger charge is 2.17.